The minimum absolute atomic E-state index is 0.0566. The fourth-order valence-electron chi connectivity index (χ4n) is 4.37. The van der Waals surface area contributed by atoms with Crippen molar-refractivity contribution in [2.24, 2.45) is 0 Å². The van der Waals surface area contributed by atoms with Gasteiger partial charge in [-0.15, -0.1) is 0 Å². The van der Waals surface area contributed by atoms with E-state index in [1.165, 1.54) is 24.3 Å². The molecule has 40 heavy (non-hydrogen) atoms. The van der Waals surface area contributed by atoms with Gasteiger partial charge in [-0.1, -0.05) is 29.8 Å². The molecule has 0 saturated heterocycles. The molecule has 0 aliphatic heterocycles. The average Bonchev–Trinajstić information content (AvgIpc) is 3.27. The van der Waals surface area contributed by atoms with E-state index in [-0.39, 0.29) is 23.6 Å². The van der Waals surface area contributed by atoms with Crippen LogP contribution in [0, 0.1) is 11.6 Å². The molecule has 0 fully saturated rings. The smallest absolute Gasteiger partial charge is 0.335 e. The molecule has 5 rings (SSSR count). The van der Waals surface area contributed by atoms with Crippen LogP contribution in [0.4, 0.5) is 8.78 Å². The molecule has 10 heteroatoms. The number of pyridine rings is 1. The predicted octanol–water partition coefficient (Wildman–Crippen LogP) is 6.54. The van der Waals surface area contributed by atoms with E-state index in [1.54, 1.807) is 55.6 Å². The molecule has 0 saturated carbocycles. The maximum atomic E-state index is 15.3. The summed E-state index contributed by atoms with van der Waals surface area (Å²) in [4.78, 5) is 20.5. The number of methoxy groups -OCH3 is 1. The summed E-state index contributed by atoms with van der Waals surface area (Å²) in [5.74, 6) is -1.10. The highest BCUT2D eigenvalue weighted by Gasteiger charge is 2.16. The Morgan fingerprint density at radius 1 is 1.00 bits per heavy atom. The molecule has 0 bridgehead atoms. The minimum atomic E-state index is -1.03. The second-order valence-corrected chi connectivity index (χ2v) is 9.49. The van der Waals surface area contributed by atoms with Gasteiger partial charge in [0.25, 0.3) is 0 Å². The molecule has 2 aromatic heterocycles. The summed E-state index contributed by atoms with van der Waals surface area (Å²) in [6, 6.07) is 18.9. The average molecular weight is 564 g/mol. The van der Waals surface area contributed by atoms with Crippen LogP contribution in [0.25, 0.3) is 22.3 Å². The fourth-order valence-corrected chi connectivity index (χ4v) is 4.53. The lowest BCUT2D eigenvalue weighted by Gasteiger charge is -2.11. The number of fused-ring (bicyclic) bond motifs is 1. The van der Waals surface area contributed by atoms with Gasteiger partial charge in [0, 0.05) is 42.3 Å². The van der Waals surface area contributed by atoms with Crippen LogP contribution in [-0.4, -0.2) is 39.3 Å². The predicted molar refractivity (Wildman–Crippen MR) is 147 cm³/mol. The van der Waals surface area contributed by atoms with E-state index in [2.05, 4.69) is 9.97 Å². The number of carbonyl (C=O) groups is 1. The van der Waals surface area contributed by atoms with Gasteiger partial charge in [-0.05, 0) is 54.1 Å². The van der Waals surface area contributed by atoms with E-state index in [4.69, 9.17) is 21.1 Å². The van der Waals surface area contributed by atoms with Crippen molar-refractivity contribution >= 4 is 28.6 Å². The summed E-state index contributed by atoms with van der Waals surface area (Å²) in [6.45, 7) is 0.805. The highest BCUT2D eigenvalue weighted by atomic mass is 35.5. The molecule has 0 aliphatic carbocycles. The molecule has 0 amide bonds. The Labute approximate surface area is 233 Å². The highest BCUT2D eigenvalue weighted by molar-refractivity contribution is 6.30. The summed E-state index contributed by atoms with van der Waals surface area (Å²) >= 11 is 5.80. The SMILES string of the molecule is COCCn1c(Cc2ccc(-c3cccc(OCc4ccc(Cl)cc4F)n3)c(F)c2)nc2ccc(C(=O)O)cc21. The van der Waals surface area contributed by atoms with Crippen LogP contribution in [-0.2, 0) is 24.3 Å². The maximum absolute atomic E-state index is 15.3. The molecular formula is C30H24ClF2N3O4. The maximum Gasteiger partial charge on any atom is 0.335 e. The van der Waals surface area contributed by atoms with Gasteiger partial charge in [0.2, 0.25) is 5.88 Å². The molecule has 0 aliphatic rings. The van der Waals surface area contributed by atoms with Crippen molar-refractivity contribution in [3.63, 3.8) is 0 Å². The highest BCUT2D eigenvalue weighted by Crippen LogP contribution is 2.27. The van der Waals surface area contributed by atoms with E-state index >= 15 is 4.39 Å². The summed E-state index contributed by atoms with van der Waals surface area (Å²) < 4.78 is 42.1. The minimum Gasteiger partial charge on any atom is -0.478 e. The molecule has 0 unspecified atom stereocenters. The Morgan fingerprint density at radius 2 is 1.85 bits per heavy atom. The number of ether oxygens (including phenoxy) is 2. The van der Waals surface area contributed by atoms with Crippen LogP contribution in [0.1, 0.15) is 27.3 Å². The number of aromatic nitrogens is 3. The number of aromatic carboxylic acids is 1. The van der Waals surface area contributed by atoms with Crippen molar-refractivity contribution in [1.82, 2.24) is 14.5 Å². The summed E-state index contributed by atoms with van der Waals surface area (Å²) in [5, 5.41) is 9.69. The molecule has 7 nitrogen and oxygen atoms in total. The quantitative estimate of drug-likeness (QED) is 0.207. The number of benzene rings is 3. The van der Waals surface area contributed by atoms with Gasteiger partial charge in [0.05, 0.1) is 28.9 Å². The van der Waals surface area contributed by atoms with Gasteiger partial charge in [-0.3, -0.25) is 0 Å². The standard InChI is InChI=1S/C30H24ClF2N3O4/c1-39-12-11-36-27-15-19(30(37)38)7-10-26(27)34-28(36)14-18-5-9-22(24(33)13-18)25-3-2-4-29(35-25)40-17-20-6-8-21(31)16-23(20)32/h2-10,13,15-16H,11-12,14,17H2,1H3,(H,37,38). The number of hydrogen-bond acceptors (Lipinski definition) is 5. The first-order valence-electron chi connectivity index (χ1n) is 12.4. The Hall–Kier alpha value is -4.34. The third kappa shape index (κ3) is 5.95. The first-order chi connectivity index (χ1) is 19.3. The summed E-state index contributed by atoms with van der Waals surface area (Å²) in [6.07, 6.45) is 0.321. The normalized spacial score (nSPS) is 11.2. The van der Waals surface area contributed by atoms with Crippen LogP contribution in [0.5, 0.6) is 5.88 Å². The van der Waals surface area contributed by atoms with E-state index in [0.29, 0.717) is 58.3 Å². The number of carboxylic acid groups (broad SMARTS) is 1. The van der Waals surface area contributed by atoms with Crippen LogP contribution in [0.3, 0.4) is 0 Å². The Morgan fingerprint density at radius 3 is 2.60 bits per heavy atom. The lowest BCUT2D eigenvalue weighted by molar-refractivity contribution is 0.0697. The van der Waals surface area contributed by atoms with Crippen molar-refractivity contribution in [3.8, 4) is 17.1 Å². The molecular weight excluding hydrogens is 540 g/mol. The van der Waals surface area contributed by atoms with Gasteiger partial charge < -0.3 is 19.1 Å². The lowest BCUT2D eigenvalue weighted by Crippen LogP contribution is -2.09. The van der Waals surface area contributed by atoms with Crippen molar-refractivity contribution in [2.45, 2.75) is 19.6 Å². The first-order valence-corrected chi connectivity index (χ1v) is 12.7. The summed E-state index contributed by atoms with van der Waals surface area (Å²) in [5.41, 5.74) is 3.13. The van der Waals surface area contributed by atoms with E-state index in [1.807, 2.05) is 4.57 Å². The molecule has 204 valence electrons. The van der Waals surface area contributed by atoms with E-state index in [0.717, 1.165) is 0 Å². The molecule has 0 atom stereocenters. The zero-order valence-electron chi connectivity index (χ0n) is 21.4. The Kier molecular flexibility index (Phi) is 8.04. The van der Waals surface area contributed by atoms with Gasteiger partial charge in [0.1, 0.15) is 24.1 Å². The lowest BCUT2D eigenvalue weighted by atomic mass is 10.1. The molecule has 1 N–H and O–H groups in total. The number of carboxylic acids is 1. The van der Waals surface area contributed by atoms with E-state index < -0.39 is 17.6 Å². The molecule has 0 radical (unpaired) electrons. The van der Waals surface area contributed by atoms with Crippen LogP contribution in [0.15, 0.2) is 72.8 Å². The van der Waals surface area contributed by atoms with Crippen molar-refractivity contribution in [2.75, 3.05) is 13.7 Å². The third-order valence-electron chi connectivity index (χ3n) is 6.38. The number of hydrogen-bond donors (Lipinski definition) is 1. The van der Waals surface area contributed by atoms with Gasteiger partial charge in [-0.2, -0.15) is 0 Å². The number of halogens is 3. The molecule has 2 heterocycles. The van der Waals surface area contributed by atoms with Crippen LogP contribution < -0.4 is 4.74 Å². The molecule has 3 aromatic carbocycles. The third-order valence-corrected chi connectivity index (χ3v) is 6.61. The Balaban J connectivity index is 1.37. The van der Waals surface area contributed by atoms with Crippen LogP contribution in [0.2, 0.25) is 5.02 Å². The second kappa shape index (κ2) is 11.8. The first kappa shape index (κ1) is 27.2. The molecule has 5 aromatic rings. The number of imidazole rings is 1. The second-order valence-electron chi connectivity index (χ2n) is 9.06. The zero-order valence-corrected chi connectivity index (χ0v) is 22.2. The Bertz CT molecular complexity index is 1710. The van der Waals surface area contributed by atoms with Crippen molar-refractivity contribution in [1.29, 1.82) is 0 Å². The fraction of sp³-hybridized carbons (Fsp3) is 0.167. The number of nitrogens with zero attached hydrogens (tertiary/aromatic N) is 3. The topological polar surface area (TPSA) is 86.5 Å². The van der Waals surface area contributed by atoms with E-state index in [9.17, 15) is 14.3 Å². The van der Waals surface area contributed by atoms with Gasteiger partial charge >= 0.3 is 5.97 Å². The largest absolute Gasteiger partial charge is 0.478 e. The van der Waals surface area contributed by atoms with Crippen molar-refractivity contribution in [3.05, 3.63) is 112 Å². The van der Waals surface area contributed by atoms with Gasteiger partial charge in [0.15, 0.2) is 0 Å². The van der Waals surface area contributed by atoms with Gasteiger partial charge in [-0.25, -0.2) is 23.5 Å². The molecule has 0 spiro atoms. The van der Waals surface area contributed by atoms with Crippen LogP contribution >= 0.6 is 11.6 Å². The summed E-state index contributed by atoms with van der Waals surface area (Å²) in [7, 11) is 1.58. The van der Waals surface area contributed by atoms with Crippen molar-refractivity contribution < 1.29 is 28.2 Å². The monoisotopic (exact) mass is 563 g/mol. The number of rotatable bonds is 10. The zero-order chi connectivity index (χ0) is 28.2.